The van der Waals surface area contributed by atoms with E-state index < -0.39 is 15.4 Å². The van der Waals surface area contributed by atoms with Crippen LogP contribution < -0.4 is 0 Å². The zero-order valence-electron chi connectivity index (χ0n) is 16.1. The van der Waals surface area contributed by atoms with E-state index in [4.69, 9.17) is 0 Å². The normalized spacial score (nSPS) is 16.5. The second-order valence-corrected chi connectivity index (χ2v) is 9.61. The Kier molecular flexibility index (Phi) is 5.09. The molecule has 9 heteroatoms. The maximum atomic E-state index is 13.2. The summed E-state index contributed by atoms with van der Waals surface area (Å²) in [5.74, 6) is 0.0389. The van der Waals surface area contributed by atoms with E-state index in [2.05, 4.69) is 10.1 Å². The van der Waals surface area contributed by atoms with Crippen molar-refractivity contribution in [2.45, 2.75) is 25.7 Å². The first-order chi connectivity index (χ1) is 12.6. The summed E-state index contributed by atoms with van der Waals surface area (Å²) >= 11 is 0. The van der Waals surface area contributed by atoms with Gasteiger partial charge in [0.15, 0.2) is 0 Å². The van der Waals surface area contributed by atoms with Gasteiger partial charge in [0, 0.05) is 62.8 Å². The van der Waals surface area contributed by atoms with E-state index in [0.717, 1.165) is 0 Å². The number of nitrogens with zero attached hydrogens (tertiary/aromatic N) is 5. The van der Waals surface area contributed by atoms with Crippen molar-refractivity contribution in [1.29, 1.82) is 0 Å². The fourth-order valence-electron chi connectivity index (χ4n) is 3.10. The molecule has 1 aliphatic heterocycles. The van der Waals surface area contributed by atoms with E-state index in [9.17, 15) is 13.2 Å². The second kappa shape index (κ2) is 7.05. The fraction of sp³-hybridized carbons (Fsp3) is 0.500. The van der Waals surface area contributed by atoms with Gasteiger partial charge < -0.3 is 4.90 Å². The van der Waals surface area contributed by atoms with Crippen molar-refractivity contribution in [3.05, 3.63) is 30.7 Å². The molecule has 2 aromatic heterocycles. The molecule has 0 unspecified atom stereocenters. The molecule has 1 aliphatic rings. The number of amides is 1. The van der Waals surface area contributed by atoms with Crippen molar-refractivity contribution in [3.63, 3.8) is 0 Å². The van der Waals surface area contributed by atoms with Crippen LogP contribution in [0, 0.1) is 5.41 Å². The molecule has 0 N–H and O–H groups in total. The van der Waals surface area contributed by atoms with Gasteiger partial charge in [-0.2, -0.15) is 9.40 Å². The molecule has 1 fully saturated rings. The van der Waals surface area contributed by atoms with Gasteiger partial charge in [-0.3, -0.25) is 14.5 Å². The Labute approximate surface area is 159 Å². The Balaban J connectivity index is 1.84. The van der Waals surface area contributed by atoms with E-state index >= 15 is 0 Å². The first-order valence-corrected chi connectivity index (χ1v) is 10.3. The largest absolute Gasteiger partial charge is 0.340 e. The maximum absolute atomic E-state index is 13.2. The molecule has 2 aromatic rings. The number of rotatable bonds is 3. The highest BCUT2D eigenvalue weighted by atomic mass is 32.2. The SMILES string of the molecule is Cn1cc(S(=O)(=O)N2CCN(C(=O)C(C)(C)C)CC2)c(-c2cccnc2)n1. The van der Waals surface area contributed by atoms with Crippen molar-refractivity contribution in [1.82, 2.24) is 24.0 Å². The molecule has 8 nitrogen and oxygen atoms in total. The Morgan fingerprint density at radius 2 is 1.81 bits per heavy atom. The first kappa shape index (κ1) is 19.5. The van der Waals surface area contributed by atoms with Crippen LogP contribution in [0.15, 0.2) is 35.6 Å². The molecule has 3 heterocycles. The summed E-state index contributed by atoms with van der Waals surface area (Å²) < 4.78 is 29.4. The maximum Gasteiger partial charge on any atom is 0.246 e. The highest BCUT2D eigenvalue weighted by molar-refractivity contribution is 7.89. The number of pyridine rings is 1. The number of aryl methyl sites for hydroxylation is 1. The standard InChI is InChI=1S/C18H25N5O3S/c1-18(2,3)17(24)22-8-10-23(11-9-22)27(25,26)15-13-21(4)20-16(15)14-6-5-7-19-12-14/h5-7,12-13H,8-11H2,1-4H3. The highest BCUT2D eigenvalue weighted by Gasteiger charge is 2.35. The molecule has 0 aromatic carbocycles. The summed E-state index contributed by atoms with van der Waals surface area (Å²) in [6, 6.07) is 3.53. The summed E-state index contributed by atoms with van der Waals surface area (Å²) in [6.07, 6.45) is 4.75. The van der Waals surface area contributed by atoms with Crippen molar-refractivity contribution in [3.8, 4) is 11.3 Å². The molecular weight excluding hydrogens is 366 g/mol. The predicted octanol–water partition coefficient (Wildman–Crippen LogP) is 1.36. The highest BCUT2D eigenvalue weighted by Crippen LogP contribution is 2.28. The van der Waals surface area contributed by atoms with Crippen LogP contribution in [0.4, 0.5) is 0 Å². The third kappa shape index (κ3) is 3.89. The molecule has 146 valence electrons. The van der Waals surface area contributed by atoms with Crippen LogP contribution in [-0.4, -0.2) is 64.5 Å². The minimum atomic E-state index is -3.72. The lowest BCUT2D eigenvalue weighted by atomic mass is 9.94. The fourth-order valence-corrected chi connectivity index (χ4v) is 4.71. The third-order valence-electron chi connectivity index (χ3n) is 4.52. The van der Waals surface area contributed by atoms with Crippen LogP contribution in [0.2, 0.25) is 0 Å². The van der Waals surface area contributed by atoms with E-state index in [1.165, 1.54) is 15.2 Å². The lowest BCUT2D eigenvalue weighted by molar-refractivity contribution is -0.140. The van der Waals surface area contributed by atoms with E-state index in [1.807, 2.05) is 20.8 Å². The van der Waals surface area contributed by atoms with E-state index in [0.29, 0.717) is 24.3 Å². The van der Waals surface area contributed by atoms with Crippen LogP contribution in [-0.2, 0) is 21.9 Å². The molecule has 1 saturated heterocycles. The van der Waals surface area contributed by atoms with E-state index in [1.54, 1.807) is 36.5 Å². The lowest BCUT2D eigenvalue weighted by Gasteiger charge is -2.36. The van der Waals surface area contributed by atoms with Gasteiger partial charge in [0.2, 0.25) is 15.9 Å². The topological polar surface area (TPSA) is 88.4 Å². The molecule has 0 bridgehead atoms. The molecule has 0 aliphatic carbocycles. The van der Waals surface area contributed by atoms with Crippen LogP contribution >= 0.6 is 0 Å². The minimum absolute atomic E-state index is 0.0389. The molecule has 3 rings (SSSR count). The number of hydrogen-bond acceptors (Lipinski definition) is 5. The number of piperazine rings is 1. The monoisotopic (exact) mass is 391 g/mol. The third-order valence-corrected chi connectivity index (χ3v) is 6.42. The zero-order valence-corrected chi connectivity index (χ0v) is 16.9. The van der Waals surface area contributed by atoms with Gasteiger partial charge in [0.25, 0.3) is 0 Å². The van der Waals surface area contributed by atoms with Gasteiger partial charge in [-0.15, -0.1) is 0 Å². The Morgan fingerprint density at radius 1 is 1.15 bits per heavy atom. The predicted molar refractivity (Wildman–Crippen MR) is 101 cm³/mol. The molecule has 1 amide bonds. The molecular formula is C18H25N5O3S. The number of hydrogen-bond donors (Lipinski definition) is 0. The van der Waals surface area contributed by atoms with Crippen LogP contribution in [0.25, 0.3) is 11.3 Å². The average molecular weight is 391 g/mol. The van der Waals surface area contributed by atoms with Gasteiger partial charge in [0.1, 0.15) is 10.6 Å². The van der Waals surface area contributed by atoms with Gasteiger partial charge >= 0.3 is 0 Å². The van der Waals surface area contributed by atoms with Crippen molar-refractivity contribution >= 4 is 15.9 Å². The second-order valence-electron chi connectivity index (χ2n) is 7.70. The minimum Gasteiger partial charge on any atom is -0.340 e. The van der Waals surface area contributed by atoms with Gasteiger partial charge in [-0.25, -0.2) is 8.42 Å². The number of sulfonamides is 1. The van der Waals surface area contributed by atoms with Gasteiger partial charge in [-0.1, -0.05) is 20.8 Å². The summed E-state index contributed by atoms with van der Waals surface area (Å²) in [5, 5.41) is 4.32. The van der Waals surface area contributed by atoms with Gasteiger partial charge in [-0.05, 0) is 12.1 Å². The summed E-state index contributed by atoms with van der Waals surface area (Å²) in [6.45, 7) is 6.92. The Bertz CT molecular complexity index is 924. The molecule has 27 heavy (non-hydrogen) atoms. The summed E-state index contributed by atoms with van der Waals surface area (Å²) in [4.78, 5) is 18.4. The summed E-state index contributed by atoms with van der Waals surface area (Å²) in [5.41, 5.74) is 0.565. The number of aromatic nitrogens is 3. The Morgan fingerprint density at radius 3 is 2.37 bits per heavy atom. The lowest BCUT2D eigenvalue weighted by Crippen LogP contribution is -2.52. The molecule has 0 saturated carbocycles. The smallest absolute Gasteiger partial charge is 0.246 e. The molecule has 0 spiro atoms. The van der Waals surface area contributed by atoms with Crippen LogP contribution in [0.5, 0.6) is 0 Å². The number of carbonyl (C=O) groups excluding carboxylic acids is 1. The molecule has 0 atom stereocenters. The van der Waals surface area contributed by atoms with Gasteiger partial charge in [0.05, 0.1) is 0 Å². The van der Waals surface area contributed by atoms with E-state index in [-0.39, 0.29) is 23.9 Å². The van der Waals surface area contributed by atoms with Crippen molar-refractivity contribution in [2.24, 2.45) is 12.5 Å². The van der Waals surface area contributed by atoms with Crippen molar-refractivity contribution < 1.29 is 13.2 Å². The molecule has 0 radical (unpaired) electrons. The summed E-state index contributed by atoms with van der Waals surface area (Å²) in [7, 11) is -2.03. The first-order valence-electron chi connectivity index (χ1n) is 8.84. The number of carbonyl (C=O) groups is 1. The van der Waals surface area contributed by atoms with Crippen molar-refractivity contribution in [2.75, 3.05) is 26.2 Å². The quantitative estimate of drug-likeness (QED) is 0.788. The van der Waals surface area contributed by atoms with Crippen LogP contribution in [0.1, 0.15) is 20.8 Å². The van der Waals surface area contributed by atoms with Crippen LogP contribution in [0.3, 0.4) is 0 Å². The average Bonchev–Trinajstić information content (AvgIpc) is 3.04. The Hall–Kier alpha value is -2.26. The zero-order chi connectivity index (χ0) is 19.8.